The van der Waals surface area contributed by atoms with Crippen LogP contribution < -0.4 is 11.1 Å². The number of benzene rings is 1. The number of hydrogen-bond acceptors (Lipinski definition) is 6. The zero-order valence-electron chi connectivity index (χ0n) is 15.9. The van der Waals surface area contributed by atoms with Crippen molar-refractivity contribution in [3.8, 4) is 22.8 Å². The number of ether oxygens (including phenoxy) is 1. The van der Waals surface area contributed by atoms with Crippen LogP contribution in [0.2, 0.25) is 0 Å². The van der Waals surface area contributed by atoms with Crippen LogP contribution in [-0.2, 0) is 11.3 Å². The minimum atomic E-state index is -0.279. The molecule has 3 aromatic rings. The molecule has 0 radical (unpaired) electrons. The molecule has 0 saturated carbocycles. The summed E-state index contributed by atoms with van der Waals surface area (Å²) >= 11 is 0. The van der Waals surface area contributed by atoms with Crippen molar-refractivity contribution in [3.63, 3.8) is 0 Å². The van der Waals surface area contributed by atoms with Crippen LogP contribution in [0.5, 0.6) is 0 Å². The Balaban J connectivity index is 0.000000320. The number of nitrogens with two attached hydrogens (primary N) is 1. The molecule has 3 N–H and O–H groups in total. The van der Waals surface area contributed by atoms with Gasteiger partial charge in [-0.05, 0) is 36.8 Å². The third kappa shape index (κ3) is 5.11. The van der Waals surface area contributed by atoms with Crippen molar-refractivity contribution < 1.29 is 9.13 Å². The van der Waals surface area contributed by atoms with E-state index in [1.54, 1.807) is 30.7 Å². The summed E-state index contributed by atoms with van der Waals surface area (Å²) in [4.78, 5) is 13.1. The van der Waals surface area contributed by atoms with Crippen LogP contribution in [-0.4, -0.2) is 45.8 Å². The van der Waals surface area contributed by atoms with Gasteiger partial charge >= 0.3 is 0 Å². The van der Waals surface area contributed by atoms with Crippen LogP contribution in [0, 0.1) is 5.82 Å². The second kappa shape index (κ2) is 9.91. The number of anilines is 1. The number of imidazole rings is 1. The maximum Gasteiger partial charge on any atom is 0.180 e. The molecule has 1 fully saturated rings. The first kappa shape index (κ1) is 19.9. The average molecular weight is 384 g/mol. The van der Waals surface area contributed by atoms with Crippen LogP contribution in [0.25, 0.3) is 22.8 Å². The number of halogens is 1. The van der Waals surface area contributed by atoms with E-state index in [-0.39, 0.29) is 5.82 Å². The molecule has 28 heavy (non-hydrogen) atoms. The summed E-state index contributed by atoms with van der Waals surface area (Å²) in [6.45, 7) is 6.71. The van der Waals surface area contributed by atoms with Crippen LogP contribution in [0.15, 0.2) is 42.9 Å². The van der Waals surface area contributed by atoms with Gasteiger partial charge in [0.15, 0.2) is 5.82 Å². The van der Waals surface area contributed by atoms with Gasteiger partial charge in [-0.25, -0.2) is 19.3 Å². The fraction of sp³-hybridized carbons (Fsp3) is 0.350. The fourth-order valence-corrected chi connectivity index (χ4v) is 2.85. The lowest BCUT2D eigenvalue weighted by Gasteiger charge is -2.10. The molecule has 1 saturated heterocycles. The number of hydrogen-bond donors (Lipinski definition) is 2. The van der Waals surface area contributed by atoms with E-state index < -0.39 is 0 Å². The van der Waals surface area contributed by atoms with Crippen molar-refractivity contribution in [2.24, 2.45) is 0 Å². The molecule has 0 bridgehead atoms. The average Bonchev–Trinajstić information content (AvgIpc) is 3.14. The van der Waals surface area contributed by atoms with Crippen LogP contribution >= 0.6 is 0 Å². The number of nitrogens with one attached hydrogen (secondary N) is 1. The van der Waals surface area contributed by atoms with Gasteiger partial charge in [-0.1, -0.05) is 6.92 Å². The molecule has 0 unspecified atom stereocenters. The van der Waals surface area contributed by atoms with E-state index in [9.17, 15) is 4.39 Å². The van der Waals surface area contributed by atoms with Gasteiger partial charge in [0.2, 0.25) is 0 Å². The third-order valence-corrected chi connectivity index (χ3v) is 4.16. The lowest BCUT2D eigenvalue weighted by molar-refractivity contribution is 0.109. The summed E-state index contributed by atoms with van der Waals surface area (Å²) in [6, 6.07) is 7.87. The molecule has 2 aromatic heterocycles. The van der Waals surface area contributed by atoms with E-state index in [4.69, 9.17) is 10.5 Å². The molecule has 1 aliphatic heterocycles. The van der Waals surface area contributed by atoms with Crippen molar-refractivity contribution in [2.75, 3.05) is 32.0 Å². The zero-order chi connectivity index (χ0) is 19.8. The Morgan fingerprint density at radius 2 is 1.89 bits per heavy atom. The molecular formula is C20H25FN6O. The number of morpholine rings is 1. The molecule has 0 aliphatic carbocycles. The molecule has 1 aromatic carbocycles. The second-order valence-electron chi connectivity index (χ2n) is 6.31. The van der Waals surface area contributed by atoms with Crippen LogP contribution in [0.4, 0.5) is 10.2 Å². The van der Waals surface area contributed by atoms with E-state index in [0.29, 0.717) is 11.6 Å². The SMILES string of the molecule is C1COCCN1.CCCn1cnc(-c2ccc(F)cc2)c1-c1nccc(N)n1. The molecule has 8 heteroatoms. The smallest absolute Gasteiger partial charge is 0.180 e. The fourth-order valence-electron chi connectivity index (χ4n) is 2.85. The van der Waals surface area contributed by atoms with E-state index in [2.05, 4.69) is 27.2 Å². The monoisotopic (exact) mass is 384 g/mol. The Hall–Kier alpha value is -2.84. The lowest BCUT2D eigenvalue weighted by atomic mass is 10.1. The zero-order valence-corrected chi connectivity index (χ0v) is 15.9. The minimum absolute atomic E-state index is 0.279. The number of rotatable bonds is 4. The topological polar surface area (TPSA) is 90.9 Å². The Kier molecular flexibility index (Phi) is 7.05. The van der Waals surface area contributed by atoms with Gasteiger partial charge in [0.1, 0.15) is 17.3 Å². The summed E-state index contributed by atoms with van der Waals surface area (Å²) in [5.41, 5.74) is 8.10. The van der Waals surface area contributed by atoms with Crippen molar-refractivity contribution in [1.29, 1.82) is 0 Å². The summed E-state index contributed by atoms with van der Waals surface area (Å²) < 4.78 is 20.1. The van der Waals surface area contributed by atoms with Crippen LogP contribution in [0.1, 0.15) is 13.3 Å². The second-order valence-corrected chi connectivity index (χ2v) is 6.31. The highest BCUT2D eigenvalue weighted by Gasteiger charge is 2.17. The van der Waals surface area contributed by atoms with E-state index in [1.807, 2.05) is 4.57 Å². The summed E-state index contributed by atoms with van der Waals surface area (Å²) in [7, 11) is 0. The number of nitrogen functional groups attached to an aromatic ring is 1. The van der Waals surface area contributed by atoms with E-state index in [1.165, 1.54) is 12.1 Å². The van der Waals surface area contributed by atoms with Gasteiger partial charge in [0, 0.05) is 31.4 Å². The number of aryl methyl sites for hydroxylation is 1. The standard InChI is InChI=1S/C16H16FN5.C4H9NO/c1-2-9-22-10-20-14(11-3-5-12(17)6-4-11)15(22)16-19-8-7-13(18)21-16;1-3-6-4-2-5-1/h3-8,10H,2,9H2,1H3,(H2,18,19,21);5H,1-4H2. The Labute approximate surface area is 163 Å². The highest BCUT2D eigenvalue weighted by molar-refractivity contribution is 5.75. The summed E-state index contributed by atoms with van der Waals surface area (Å²) in [5.74, 6) is 0.642. The maximum absolute atomic E-state index is 13.1. The van der Waals surface area contributed by atoms with Gasteiger partial charge in [0.05, 0.1) is 25.2 Å². The maximum atomic E-state index is 13.1. The third-order valence-electron chi connectivity index (χ3n) is 4.16. The normalized spacial score (nSPS) is 13.6. The predicted molar refractivity (Wildman–Crippen MR) is 107 cm³/mol. The molecular weight excluding hydrogens is 359 g/mol. The molecule has 7 nitrogen and oxygen atoms in total. The molecule has 0 amide bonds. The number of aromatic nitrogens is 4. The molecule has 4 rings (SSSR count). The molecule has 0 atom stereocenters. The van der Waals surface area contributed by atoms with Crippen LogP contribution in [0.3, 0.4) is 0 Å². The quantitative estimate of drug-likeness (QED) is 0.719. The highest BCUT2D eigenvalue weighted by atomic mass is 19.1. The Morgan fingerprint density at radius 1 is 1.14 bits per heavy atom. The van der Waals surface area contributed by atoms with Gasteiger partial charge in [0.25, 0.3) is 0 Å². The lowest BCUT2D eigenvalue weighted by Crippen LogP contribution is -2.30. The van der Waals surface area contributed by atoms with Gasteiger partial charge < -0.3 is 20.4 Å². The molecule has 1 aliphatic rings. The summed E-state index contributed by atoms with van der Waals surface area (Å²) in [6.07, 6.45) is 4.33. The van der Waals surface area contributed by atoms with E-state index >= 15 is 0 Å². The first-order valence-corrected chi connectivity index (χ1v) is 9.37. The van der Waals surface area contributed by atoms with Gasteiger partial charge in [-0.15, -0.1) is 0 Å². The molecule has 0 spiro atoms. The summed E-state index contributed by atoms with van der Waals surface area (Å²) in [5, 5.41) is 3.16. The largest absolute Gasteiger partial charge is 0.384 e. The highest BCUT2D eigenvalue weighted by Crippen LogP contribution is 2.29. The van der Waals surface area contributed by atoms with E-state index in [0.717, 1.165) is 56.2 Å². The minimum Gasteiger partial charge on any atom is -0.384 e. The van der Waals surface area contributed by atoms with Gasteiger partial charge in [-0.3, -0.25) is 0 Å². The first-order valence-electron chi connectivity index (χ1n) is 9.37. The van der Waals surface area contributed by atoms with Crippen molar-refractivity contribution >= 4 is 5.82 Å². The molecule has 3 heterocycles. The Bertz CT molecular complexity index is 865. The van der Waals surface area contributed by atoms with Crippen molar-refractivity contribution in [1.82, 2.24) is 24.8 Å². The predicted octanol–water partition coefficient (Wildman–Crippen LogP) is 2.74. The first-order chi connectivity index (χ1) is 13.7. The number of nitrogens with zero attached hydrogens (tertiary/aromatic N) is 4. The Morgan fingerprint density at radius 3 is 2.46 bits per heavy atom. The molecule has 148 valence electrons. The van der Waals surface area contributed by atoms with Crippen molar-refractivity contribution in [2.45, 2.75) is 19.9 Å². The van der Waals surface area contributed by atoms with Crippen molar-refractivity contribution in [3.05, 3.63) is 48.7 Å². The van der Waals surface area contributed by atoms with Gasteiger partial charge in [-0.2, -0.15) is 0 Å².